The normalized spacial score (nSPS) is 26.1. The van der Waals surface area contributed by atoms with Crippen molar-refractivity contribution >= 4 is 12.0 Å². The first-order chi connectivity index (χ1) is 9.22. The van der Waals surface area contributed by atoms with E-state index in [0.29, 0.717) is 0 Å². The summed E-state index contributed by atoms with van der Waals surface area (Å²) in [4.78, 5) is 14.2. The molecule has 1 aliphatic heterocycles. The summed E-state index contributed by atoms with van der Waals surface area (Å²) in [6.07, 6.45) is 7.65. The highest BCUT2D eigenvalue weighted by molar-refractivity contribution is 5.92. The Morgan fingerprint density at radius 1 is 1.26 bits per heavy atom. The Morgan fingerprint density at radius 3 is 2.68 bits per heavy atom. The molecule has 0 unspecified atom stereocenters. The van der Waals surface area contributed by atoms with Gasteiger partial charge in [0.2, 0.25) is 5.91 Å². The third kappa shape index (κ3) is 2.73. The Morgan fingerprint density at radius 2 is 2.00 bits per heavy atom. The second-order valence-corrected chi connectivity index (χ2v) is 5.94. The third-order valence-corrected chi connectivity index (χ3v) is 4.50. The lowest BCUT2D eigenvalue weighted by Gasteiger charge is -2.14. The minimum absolute atomic E-state index is 0.177. The van der Waals surface area contributed by atoms with Crippen LogP contribution in [0.4, 0.5) is 0 Å². The number of aryl methyl sites for hydroxylation is 1. The molecule has 1 aromatic rings. The number of fused-ring (bicyclic) bond motifs is 1. The van der Waals surface area contributed by atoms with Crippen molar-refractivity contribution in [1.29, 1.82) is 0 Å². The van der Waals surface area contributed by atoms with Crippen LogP contribution in [0.25, 0.3) is 6.08 Å². The molecule has 3 rings (SSSR count). The molecule has 2 heteroatoms. The van der Waals surface area contributed by atoms with Crippen LogP contribution >= 0.6 is 0 Å². The number of carbonyl (C=O) groups excluding carboxylic acids is 1. The molecule has 0 radical (unpaired) electrons. The van der Waals surface area contributed by atoms with Gasteiger partial charge in [-0.1, -0.05) is 36.2 Å². The van der Waals surface area contributed by atoms with Gasteiger partial charge in [0.15, 0.2) is 0 Å². The highest BCUT2D eigenvalue weighted by Crippen LogP contribution is 2.37. The number of rotatable bonds is 2. The number of hydrogen-bond donors (Lipinski definition) is 0. The maximum absolute atomic E-state index is 12.2. The highest BCUT2D eigenvalue weighted by atomic mass is 16.2. The van der Waals surface area contributed by atoms with Crippen LogP contribution in [0.5, 0.6) is 0 Å². The molecular weight excluding hydrogens is 234 g/mol. The Labute approximate surface area is 115 Å². The van der Waals surface area contributed by atoms with Gasteiger partial charge in [-0.05, 0) is 43.2 Å². The van der Waals surface area contributed by atoms with Crippen LogP contribution in [-0.4, -0.2) is 23.9 Å². The van der Waals surface area contributed by atoms with Gasteiger partial charge in [-0.3, -0.25) is 4.79 Å². The van der Waals surface area contributed by atoms with Crippen molar-refractivity contribution in [1.82, 2.24) is 4.90 Å². The minimum Gasteiger partial charge on any atom is -0.339 e. The first-order valence-electron chi connectivity index (χ1n) is 7.26. The van der Waals surface area contributed by atoms with E-state index in [0.717, 1.165) is 30.5 Å². The summed E-state index contributed by atoms with van der Waals surface area (Å²) in [5, 5.41) is 0. The molecule has 19 heavy (non-hydrogen) atoms. The predicted octanol–water partition coefficient (Wildman–Crippen LogP) is 3.27. The molecule has 2 fully saturated rings. The Hall–Kier alpha value is -1.57. The highest BCUT2D eigenvalue weighted by Gasteiger charge is 2.37. The summed E-state index contributed by atoms with van der Waals surface area (Å²) in [5.41, 5.74) is 2.33. The Kier molecular flexibility index (Phi) is 3.41. The van der Waals surface area contributed by atoms with Crippen LogP contribution in [0.15, 0.2) is 30.3 Å². The van der Waals surface area contributed by atoms with Gasteiger partial charge in [-0.25, -0.2) is 0 Å². The van der Waals surface area contributed by atoms with Gasteiger partial charge in [0.1, 0.15) is 0 Å². The second kappa shape index (κ2) is 5.20. The third-order valence-electron chi connectivity index (χ3n) is 4.50. The summed E-state index contributed by atoms with van der Waals surface area (Å²) < 4.78 is 0. The number of hydrogen-bond acceptors (Lipinski definition) is 1. The van der Waals surface area contributed by atoms with Crippen molar-refractivity contribution in [3.8, 4) is 0 Å². The lowest BCUT2D eigenvalue weighted by Crippen LogP contribution is -2.27. The standard InChI is InChI=1S/C17H21NO/c1-13-4-2-5-14(10-13)8-9-17(19)18-11-15-6-3-7-16(15)12-18/h2,4-5,8-10,15-16H,3,6-7,11-12H2,1H3/b9-8+/t15-,16+. The van der Waals surface area contributed by atoms with E-state index < -0.39 is 0 Å². The van der Waals surface area contributed by atoms with E-state index in [1.54, 1.807) is 6.08 Å². The molecule has 0 bridgehead atoms. The first kappa shape index (κ1) is 12.5. The van der Waals surface area contributed by atoms with Crippen LogP contribution in [0.2, 0.25) is 0 Å². The molecule has 1 amide bonds. The van der Waals surface area contributed by atoms with Gasteiger partial charge in [-0.15, -0.1) is 0 Å². The van der Waals surface area contributed by atoms with Gasteiger partial charge >= 0.3 is 0 Å². The van der Waals surface area contributed by atoms with Gasteiger partial charge in [-0.2, -0.15) is 0 Å². The summed E-state index contributed by atoms with van der Waals surface area (Å²) in [6.45, 7) is 4.02. The summed E-state index contributed by atoms with van der Waals surface area (Å²) in [7, 11) is 0. The molecule has 1 saturated carbocycles. The lowest BCUT2D eigenvalue weighted by molar-refractivity contribution is -0.125. The van der Waals surface area contributed by atoms with Gasteiger partial charge in [0.25, 0.3) is 0 Å². The fourth-order valence-corrected chi connectivity index (χ4v) is 3.46. The smallest absolute Gasteiger partial charge is 0.246 e. The largest absolute Gasteiger partial charge is 0.339 e. The molecule has 1 saturated heterocycles. The molecule has 0 N–H and O–H groups in total. The molecule has 0 aromatic heterocycles. The van der Waals surface area contributed by atoms with E-state index >= 15 is 0 Å². The van der Waals surface area contributed by atoms with E-state index in [-0.39, 0.29) is 5.91 Å². The molecular formula is C17H21NO. The number of nitrogens with zero attached hydrogens (tertiary/aromatic N) is 1. The quantitative estimate of drug-likeness (QED) is 0.743. The van der Waals surface area contributed by atoms with Crippen molar-refractivity contribution < 1.29 is 4.79 Å². The van der Waals surface area contributed by atoms with Crippen molar-refractivity contribution in [2.45, 2.75) is 26.2 Å². The molecule has 1 heterocycles. The Bertz CT molecular complexity index is 494. The molecule has 2 aliphatic rings. The Balaban J connectivity index is 1.62. The van der Waals surface area contributed by atoms with Crippen LogP contribution in [0.3, 0.4) is 0 Å². The average molecular weight is 255 g/mol. The van der Waals surface area contributed by atoms with Crippen molar-refractivity contribution in [2.24, 2.45) is 11.8 Å². The first-order valence-corrected chi connectivity index (χ1v) is 7.26. The zero-order chi connectivity index (χ0) is 13.2. The fraction of sp³-hybridized carbons (Fsp3) is 0.471. The number of benzene rings is 1. The maximum atomic E-state index is 12.2. The van der Waals surface area contributed by atoms with E-state index in [2.05, 4.69) is 19.1 Å². The van der Waals surface area contributed by atoms with E-state index in [1.807, 2.05) is 23.1 Å². The van der Waals surface area contributed by atoms with Crippen LogP contribution in [-0.2, 0) is 4.79 Å². The van der Waals surface area contributed by atoms with Crippen LogP contribution < -0.4 is 0 Å². The molecule has 100 valence electrons. The number of likely N-dealkylation sites (tertiary alicyclic amines) is 1. The van der Waals surface area contributed by atoms with Gasteiger partial charge in [0.05, 0.1) is 0 Å². The van der Waals surface area contributed by atoms with Crippen molar-refractivity contribution in [3.05, 3.63) is 41.5 Å². The maximum Gasteiger partial charge on any atom is 0.246 e. The van der Waals surface area contributed by atoms with E-state index in [4.69, 9.17) is 0 Å². The predicted molar refractivity (Wildman–Crippen MR) is 77.6 cm³/mol. The molecule has 0 spiro atoms. The molecule has 1 aromatic carbocycles. The summed E-state index contributed by atoms with van der Waals surface area (Å²) >= 11 is 0. The average Bonchev–Trinajstić information content (AvgIpc) is 2.96. The zero-order valence-corrected chi connectivity index (χ0v) is 11.5. The molecule has 2 nitrogen and oxygen atoms in total. The fourth-order valence-electron chi connectivity index (χ4n) is 3.46. The second-order valence-electron chi connectivity index (χ2n) is 5.94. The lowest BCUT2D eigenvalue weighted by atomic mass is 10.0. The monoisotopic (exact) mass is 255 g/mol. The SMILES string of the molecule is Cc1cccc(/C=C/C(=O)N2C[C@H]3CCC[C@H]3C2)c1. The van der Waals surface area contributed by atoms with Crippen LogP contribution in [0, 0.1) is 18.8 Å². The van der Waals surface area contributed by atoms with E-state index in [1.165, 1.54) is 24.8 Å². The molecule has 1 aliphatic carbocycles. The van der Waals surface area contributed by atoms with Crippen LogP contribution in [0.1, 0.15) is 30.4 Å². The molecule has 2 atom stereocenters. The number of amides is 1. The topological polar surface area (TPSA) is 20.3 Å². The number of carbonyl (C=O) groups is 1. The van der Waals surface area contributed by atoms with Crippen molar-refractivity contribution in [2.75, 3.05) is 13.1 Å². The minimum atomic E-state index is 0.177. The van der Waals surface area contributed by atoms with Gasteiger partial charge in [0, 0.05) is 19.2 Å². The summed E-state index contributed by atoms with van der Waals surface area (Å²) in [5.74, 6) is 1.73. The van der Waals surface area contributed by atoms with Crippen molar-refractivity contribution in [3.63, 3.8) is 0 Å². The summed E-state index contributed by atoms with van der Waals surface area (Å²) in [6, 6.07) is 8.23. The van der Waals surface area contributed by atoms with E-state index in [9.17, 15) is 4.79 Å². The van der Waals surface area contributed by atoms with Gasteiger partial charge < -0.3 is 4.90 Å². The zero-order valence-electron chi connectivity index (χ0n) is 11.5.